The summed E-state index contributed by atoms with van der Waals surface area (Å²) in [6.07, 6.45) is 3.87. The minimum Gasteiger partial charge on any atom is -0.481 e. The summed E-state index contributed by atoms with van der Waals surface area (Å²) in [5.74, 6) is -1.18. The van der Waals surface area contributed by atoms with Gasteiger partial charge in [0, 0.05) is 23.5 Å². The largest absolute Gasteiger partial charge is 0.481 e. The van der Waals surface area contributed by atoms with E-state index in [2.05, 4.69) is 15.1 Å². The molecule has 146 valence electrons. The SMILES string of the molecule is COc1ncccc1C1SC(c2ccc(F)cc2)=NN1C(=O)c1cncc(F)c1. The van der Waals surface area contributed by atoms with Gasteiger partial charge in [-0.1, -0.05) is 11.8 Å². The van der Waals surface area contributed by atoms with Crippen LogP contribution in [0.5, 0.6) is 5.88 Å². The number of ether oxygens (including phenoxy) is 1. The Balaban J connectivity index is 1.77. The fourth-order valence-electron chi connectivity index (χ4n) is 2.82. The van der Waals surface area contributed by atoms with Gasteiger partial charge in [-0.15, -0.1) is 0 Å². The molecule has 4 rings (SSSR count). The highest BCUT2D eigenvalue weighted by Gasteiger charge is 2.36. The van der Waals surface area contributed by atoms with E-state index in [9.17, 15) is 13.6 Å². The molecule has 0 radical (unpaired) electrons. The standard InChI is InChI=1S/C20H14F2N4O2S/c1-28-17-16(3-2-8-24-17)20-26(19(27)13-9-15(22)11-23-10-13)25-18(29-20)12-4-6-14(21)7-5-12/h2-11,20H,1H3. The molecule has 3 heterocycles. The van der Waals surface area contributed by atoms with Gasteiger partial charge in [0.15, 0.2) is 0 Å². The molecule has 2 aromatic heterocycles. The fraction of sp³-hybridized carbons (Fsp3) is 0.100. The molecule has 0 N–H and O–H groups in total. The van der Waals surface area contributed by atoms with Gasteiger partial charge in [-0.2, -0.15) is 5.10 Å². The van der Waals surface area contributed by atoms with Gasteiger partial charge in [-0.25, -0.2) is 18.8 Å². The molecule has 0 saturated heterocycles. The van der Waals surface area contributed by atoms with Crippen LogP contribution in [0.15, 0.2) is 66.2 Å². The third-order valence-corrected chi connectivity index (χ3v) is 5.37. The first kappa shape index (κ1) is 19.0. The Morgan fingerprint density at radius 1 is 1.14 bits per heavy atom. The summed E-state index contributed by atoms with van der Waals surface area (Å²) < 4.78 is 32.2. The Hall–Kier alpha value is -3.33. The quantitative estimate of drug-likeness (QED) is 0.648. The number of thioether (sulfide) groups is 1. The van der Waals surface area contributed by atoms with Crippen molar-refractivity contribution in [1.29, 1.82) is 0 Å². The highest BCUT2D eigenvalue weighted by Crippen LogP contribution is 2.44. The number of methoxy groups -OCH3 is 1. The van der Waals surface area contributed by atoms with Crippen LogP contribution in [0.3, 0.4) is 0 Å². The van der Waals surface area contributed by atoms with Gasteiger partial charge in [0.05, 0.1) is 18.9 Å². The Bertz CT molecular complexity index is 1090. The molecular weight excluding hydrogens is 398 g/mol. The number of pyridine rings is 2. The number of carbonyl (C=O) groups excluding carboxylic acids is 1. The maximum absolute atomic E-state index is 13.6. The van der Waals surface area contributed by atoms with Crippen molar-refractivity contribution in [3.05, 3.63) is 89.4 Å². The summed E-state index contributed by atoms with van der Waals surface area (Å²) in [4.78, 5) is 21.0. The van der Waals surface area contributed by atoms with Gasteiger partial charge in [-0.05, 0) is 42.5 Å². The van der Waals surface area contributed by atoms with Gasteiger partial charge < -0.3 is 4.74 Å². The number of carbonyl (C=O) groups is 1. The highest BCUT2D eigenvalue weighted by molar-refractivity contribution is 8.14. The Labute approximate surface area is 169 Å². The van der Waals surface area contributed by atoms with Gasteiger partial charge in [0.2, 0.25) is 5.88 Å². The fourth-order valence-corrected chi connectivity index (χ4v) is 3.99. The monoisotopic (exact) mass is 412 g/mol. The summed E-state index contributed by atoms with van der Waals surface area (Å²) in [6, 6.07) is 10.4. The van der Waals surface area contributed by atoms with Crippen molar-refractivity contribution in [3.63, 3.8) is 0 Å². The number of hydrazone groups is 1. The van der Waals surface area contributed by atoms with Gasteiger partial charge >= 0.3 is 0 Å². The van der Waals surface area contributed by atoms with Crippen LogP contribution in [0.1, 0.15) is 26.9 Å². The van der Waals surface area contributed by atoms with E-state index in [1.165, 1.54) is 42.2 Å². The second-order valence-corrected chi connectivity index (χ2v) is 7.09. The van der Waals surface area contributed by atoms with Crippen molar-refractivity contribution >= 4 is 22.7 Å². The van der Waals surface area contributed by atoms with E-state index >= 15 is 0 Å². The molecule has 1 aliphatic rings. The van der Waals surface area contributed by atoms with Crippen LogP contribution < -0.4 is 4.74 Å². The smallest absolute Gasteiger partial charge is 0.277 e. The number of nitrogens with zero attached hydrogens (tertiary/aromatic N) is 4. The second kappa shape index (κ2) is 7.96. The molecule has 0 saturated carbocycles. The Kier molecular flexibility index (Phi) is 5.22. The first-order valence-electron chi connectivity index (χ1n) is 8.51. The van der Waals surface area contributed by atoms with E-state index < -0.39 is 17.1 Å². The average molecular weight is 412 g/mol. The zero-order valence-electron chi connectivity index (χ0n) is 15.1. The van der Waals surface area contributed by atoms with Crippen molar-refractivity contribution in [2.24, 2.45) is 5.10 Å². The van der Waals surface area contributed by atoms with Crippen LogP contribution in [0.2, 0.25) is 0 Å². The molecule has 0 fully saturated rings. The zero-order chi connectivity index (χ0) is 20.4. The summed E-state index contributed by atoms with van der Waals surface area (Å²) in [7, 11) is 1.48. The predicted octanol–water partition coefficient (Wildman–Crippen LogP) is 4.01. The van der Waals surface area contributed by atoms with E-state index in [4.69, 9.17) is 4.74 Å². The molecule has 1 unspecified atom stereocenters. The van der Waals surface area contributed by atoms with Crippen molar-refractivity contribution in [3.8, 4) is 5.88 Å². The van der Waals surface area contributed by atoms with Crippen molar-refractivity contribution in [1.82, 2.24) is 15.0 Å². The van der Waals surface area contributed by atoms with Crippen LogP contribution in [0.25, 0.3) is 0 Å². The number of aromatic nitrogens is 2. The van der Waals surface area contributed by atoms with Crippen LogP contribution in [0.4, 0.5) is 8.78 Å². The number of benzene rings is 1. The zero-order valence-corrected chi connectivity index (χ0v) is 15.9. The van der Waals surface area contributed by atoms with Crippen molar-refractivity contribution in [2.45, 2.75) is 5.37 Å². The predicted molar refractivity (Wildman–Crippen MR) is 104 cm³/mol. The summed E-state index contributed by atoms with van der Waals surface area (Å²) in [5, 5.41) is 5.58. The minimum absolute atomic E-state index is 0.0579. The van der Waals surface area contributed by atoms with Crippen LogP contribution >= 0.6 is 11.8 Å². The number of hydrogen-bond donors (Lipinski definition) is 0. The maximum Gasteiger partial charge on any atom is 0.277 e. The molecule has 0 bridgehead atoms. The molecule has 29 heavy (non-hydrogen) atoms. The summed E-state index contributed by atoms with van der Waals surface area (Å²) in [5.41, 5.74) is 1.33. The van der Waals surface area contributed by atoms with Gasteiger partial charge in [-0.3, -0.25) is 9.78 Å². The van der Waals surface area contributed by atoms with E-state index in [-0.39, 0.29) is 11.4 Å². The normalized spacial score (nSPS) is 15.9. The van der Waals surface area contributed by atoms with Crippen molar-refractivity contribution < 1.29 is 18.3 Å². The van der Waals surface area contributed by atoms with Crippen molar-refractivity contribution in [2.75, 3.05) is 7.11 Å². The van der Waals surface area contributed by atoms with E-state index in [1.54, 1.807) is 30.5 Å². The third-order valence-electron chi connectivity index (χ3n) is 4.16. The maximum atomic E-state index is 13.6. The van der Waals surface area contributed by atoms with E-state index in [0.29, 0.717) is 22.1 Å². The Morgan fingerprint density at radius 3 is 2.66 bits per heavy atom. The Morgan fingerprint density at radius 2 is 1.93 bits per heavy atom. The minimum atomic E-state index is -0.624. The molecule has 0 aliphatic carbocycles. The van der Waals surface area contributed by atoms with Crippen LogP contribution in [-0.4, -0.2) is 33.0 Å². The first-order chi connectivity index (χ1) is 14.1. The van der Waals surface area contributed by atoms with E-state index in [0.717, 1.165) is 12.3 Å². The molecule has 3 aromatic rings. The van der Waals surface area contributed by atoms with Gasteiger partial charge in [0.25, 0.3) is 5.91 Å². The lowest BCUT2D eigenvalue weighted by molar-refractivity contribution is 0.0746. The van der Waals surface area contributed by atoms with E-state index in [1.807, 2.05) is 0 Å². The van der Waals surface area contributed by atoms with Crippen LogP contribution in [-0.2, 0) is 0 Å². The highest BCUT2D eigenvalue weighted by atomic mass is 32.2. The topological polar surface area (TPSA) is 67.7 Å². The molecule has 1 atom stereocenters. The first-order valence-corrected chi connectivity index (χ1v) is 9.39. The number of hydrogen-bond acceptors (Lipinski definition) is 6. The number of halogens is 2. The lowest BCUT2D eigenvalue weighted by Gasteiger charge is -2.22. The molecule has 9 heteroatoms. The lowest BCUT2D eigenvalue weighted by atomic mass is 10.2. The lowest BCUT2D eigenvalue weighted by Crippen LogP contribution is -2.26. The average Bonchev–Trinajstić information content (AvgIpc) is 3.19. The molecule has 1 amide bonds. The third kappa shape index (κ3) is 3.81. The summed E-state index contributed by atoms with van der Waals surface area (Å²) in [6.45, 7) is 0. The summed E-state index contributed by atoms with van der Waals surface area (Å²) >= 11 is 1.29. The number of amides is 1. The second-order valence-electron chi connectivity index (χ2n) is 6.03. The number of rotatable bonds is 4. The molecule has 1 aliphatic heterocycles. The molecule has 6 nitrogen and oxygen atoms in total. The molecule has 0 spiro atoms. The molecule has 1 aromatic carbocycles. The van der Waals surface area contributed by atoms with Crippen LogP contribution in [0, 0.1) is 11.6 Å². The van der Waals surface area contributed by atoms with Gasteiger partial charge in [0.1, 0.15) is 22.1 Å². The molecular formula is C20H14F2N4O2S.